The molecule has 2 heterocycles. The Kier molecular flexibility index (Phi) is 2.95. The average molecular weight is 216 g/mol. The zero-order valence-electron chi connectivity index (χ0n) is 9.90. The Hall–Kier alpha value is -1.77. The van der Waals surface area contributed by atoms with Crippen molar-refractivity contribution in [3.05, 3.63) is 36.0 Å². The molecule has 2 aromatic rings. The number of aromatic nitrogens is 2. The van der Waals surface area contributed by atoms with Gasteiger partial charge in [0.2, 0.25) is 0 Å². The fraction of sp³-hybridized carbons (Fsp3) is 0.308. The molecule has 0 saturated carbocycles. The fourth-order valence-electron chi connectivity index (χ4n) is 1.81. The second-order valence-corrected chi connectivity index (χ2v) is 3.46. The van der Waals surface area contributed by atoms with Crippen LogP contribution in [0.1, 0.15) is 19.4 Å². The fourth-order valence-corrected chi connectivity index (χ4v) is 1.81. The van der Waals surface area contributed by atoms with Crippen LogP contribution in [0.4, 0.5) is 0 Å². The summed E-state index contributed by atoms with van der Waals surface area (Å²) >= 11 is 0. The van der Waals surface area contributed by atoms with E-state index in [9.17, 15) is 0 Å². The molecule has 0 N–H and O–H groups in total. The molecule has 1 aromatic carbocycles. The van der Waals surface area contributed by atoms with Crippen molar-refractivity contribution < 1.29 is 4.74 Å². The number of ether oxygens (including phenoxy) is 1. The van der Waals surface area contributed by atoms with Crippen LogP contribution in [0.3, 0.4) is 0 Å². The van der Waals surface area contributed by atoms with E-state index >= 15 is 0 Å². The predicted molar refractivity (Wildman–Crippen MR) is 64.3 cm³/mol. The third-order valence-corrected chi connectivity index (χ3v) is 2.43. The van der Waals surface area contributed by atoms with E-state index in [1.54, 1.807) is 0 Å². The summed E-state index contributed by atoms with van der Waals surface area (Å²) < 4.78 is 7.44. The van der Waals surface area contributed by atoms with Gasteiger partial charge in [0.05, 0.1) is 0 Å². The lowest BCUT2D eigenvalue weighted by Crippen LogP contribution is -2.03. The summed E-state index contributed by atoms with van der Waals surface area (Å²) in [6, 6.07) is 8.01. The van der Waals surface area contributed by atoms with Gasteiger partial charge in [-0.25, -0.2) is 0 Å². The number of rotatable bonds is 0. The van der Waals surface area contributed by atoms with Crippen LogP contribution in [-0.2, 0) is 13.7 Å². The molecule has 1 aromatic heterocycles. The number of fused-ring (bicyclic) bond motifs is 3. The molecular formula is C13H16N2O. The Morgan fingerprint density at radius 2 is 2.00 bits per heavy atom. The summed E-state index contributed by atoms with van der Waals surface area (Å²) in [7, 11) is 1.93. The van der Waals surface area contributed by atoms with Crippen LogP contribution in [0, 0.1) is 0 Å². The maximum absolute atomic E-state index is 5.61. The monoisotopic (exact) mass is 216 g/mol. The molecule has 1 aliphatic rings. The Morgan fingerprint density at radius 1 is 1.25 bits per heavy atom. The van der Waals surface area contributed by atoms with Gasteiger partial charge in [0, 0.05) is 24.4 Å². The zero-order valence-corrected chi connectivity index (χ0v) is 9.90. The minimum Gasteiger partial charge on any atom is -0.488 e. The first-order valence-corrected chi connectivity index (χ1v) is 5.59. The first-order chi connectivity index (χ1) is 7.84. The molecular weight excluding hydrogens is 200 g/mol. The van der Waals surface area contributed by atoms with E-state index in [2.05, 4.69) is 5.10 Å². The summed E-state index contributed by atoms with van der Waals surface area (Å²) in [5.41, 5.74) is 3.30. The molecule has 0 amide bonds. The van der Waals surface area contributed by atoms with Gasteiger partial charge in [-0.2, -0.15) is 5.10 Å². The first-order valence-electron chi connectivity index (χ1n) is 5.59. The molecule has 0 bridgehead atoms. The Morgan fingerprint density at radius 3 is 2.81 bits per heavy atom. The second-order valence-electron chi connectivity index (χ2n) is 3.46. The minimum atomic E-state index is 0.625. The zero-order chi connectivity index (χ0) is 11.5. The predicted octanol–water partition coefficient (Wildman–Crippen LogP) is 3.01. The number of para-hydroxylation sites is 1. The van der Waals surface area contributed by atoms with Crippen molar-refractivity contribution >= 4 is 0 Å². The molecule has 0 saturated heterocycles. The third kappa shape index (κ3) is 1.69. The first kappa shape index (κ1) is 10.7. The summed E-state index contributed by atoms with van der Waals surface area (Å²) in [4.78, 5) is 0. The van der Waals surface area contributed by atoms with Crippen LogP contribution in [0.25, 0.3) is 11.3 Å². The molecule has 16 heavy (non-hydrogen) atoms. The van der Waals surface area contributed by atoms with Crippen molar-refractivity contribution in [2.75, 3.05) is 0 Å². The van der Waals surface area contributed by atoms with Crippen molar-refractivity contribution in [1.29, 1.82) is 0 Å². The molecule has 3 heteroatoms. The Bertz CT molecular complexity index is 488. The lowest BCUT2D eigenvalue weighted by molar-refractivity contribution is 0.302. The second kappa shape index (κ2) is 4.39. The van der Waals surface area contributed by atoms with Crippen molar-refractivity contribution in [3.8, 4) is 17.0 Å². The molecule has 0 fully saturated rings. The highest BCUT2D eigenvalue weighted by atomic mass is 16.5. The van der Waals surface area contributed by atoms with Gasteiger partial charge in [-0.15, -0.1) is 0 Å². The number of aryl methyl sites for hydroxylation is 1. The highest BCUT2D eigenvalue weighted by molar-refractivity contribution is 5.71. The van der Waals surface area contributed by atoms with Crippen LogP contribution < -0.4 is 4.74 Å². The number of benzene rings is 1. The van der Waals surface area contributed by atoms with Gasteiger partial charge in [-0.3, -0.25) is 4.68 Å². The molecule has 0 atom stereocenters. The lowest BCUT2D eigenvalue weighted by Gasteiger charge is -2.15. The topological polar surface area (TPSA) is 27.1 Å². The van der Waals surface area contributed by atoms with Gasteiger partial charge in [0.1, 0.15) is 18.1 Å². The summed E-state index contributed by atoms with van der Waals surface area (Å²) in [5.74, 6) is 0.929. The molecule has 0 spiro atoms. The summed E-state index contributed by atoms with van der Waals surface area (Å²) in [5, 5.41) is 4.43. The highest BCUT2D eigenvalue weighted by Crippen LogP contribution is 2.35. The molecule has 3 rings (SSSR count). The van der Waals surface area contributed by atoms with Gasteiger partial charge >= 0.3 is 0 Å². The van der Waals surface area contributed by atoms with E-state index in [4.69, 9.17) is 4.74 Å². The van der Waals surface area contributed by atoms with E-state index < -0.39 is 0 Å². The molecule has 3 nitrogen and oxygen atoms in total. The Balaban J connectivity index is 0.000000457. The standard InChI is InChI=1S/C11H10N2O.C2H6/c1-13-6-8-7-14-10-5-3-2-4-9(10)11(8)12-13;1-2/h2-6H,7H2,1H3;1-2H3. The van der Waals surface area contributed by atoms with Crippen LogP contribution in [0.2, 0.25) is 0 Å². The summed E-state index contributed by atoms with van der Waals surface area (Å²) in [6.45, 7) is 4.63. The molecule has 0 aliphatic carbocycles. The van der Waals surface area contributed by atoms with E-state index in [0.29, 0.717) is 6.61 Å². The number of hydrogen-bond donors (Lipinski definition) is 0. The highest BCUT2D eigenvalue weighted by Gasteiger charge is 2.19. The van der Waals surface area contributed by atoms with Crippen LogP contribution in [0.5, 0.6) is 5.75 Å². The van der Waals surface area contributed by atoms with Gasteiger partial charge in [0.15, 0.2) is 0 Å². The van der Waals surface area contributed by atoms with Crippen LogP contribution in [0.15, 0.2) is 30.5 Å². The average Bonchev–Trinajstić information content (AvgIpc) is 2.72. The number of nitrogens with zero attached hydrogens (tertiary/aromatic N) is 2. The number of hydrogen-bond acceptors (Lipinski definition) is 2. The SMILES string of the molecule is CC.Cn1cc2c(n1)-c1ccccc1OC2. The van der Waals surface area contributed by atoms with Gasteiger partial charge in [-0.1, -0.05) is 26.0 Å². The van der Waals surface area contributed by atoms with E-state index in [1.165, 1.54) is 0 Å². The quantitative estimate of drug-likeness (QED) is 0.677. The molecule has 0 unspecified atom stereocenters. The Labute approximate surface area is 95.7 Å². The lowest BCUT2D eigenvalue weighted by atomic mass is 10.1. The maximum Gasteiger partial charge on any atom is 0.129 e. The summed E-state index contributed by atoms with van der Waals surface area (Å²) in [6.07, 6.45) is 2.01. The maximum atomic E-state index is 5.61. The smallest absolute Gasteiger partial charge is 0.129 e. The van der Waals surface area contributed by atoms with Crippen molar-refractivity contribution in [2.24, 2.45) is 7.05 Å². The van der Waals surface area contributed by atoms with Crippen molar-refractivity contribution in [2.45, 2.75) is 20.5 Å². The van der Waals surface area contributed by atoms with Gasteiger partial charge in [-0.05, 0) is 12.1 Å². The van der Waals surface area contributed by atoms with E-state index in [-0.39, 0.29) is 0 Å². The minimum absolute atomic E-state index is 0.625. The van der Waals surface area contributed by atoms with Crippen molar-refractivity contribution in [3.63, 3.8) is 0 Å². The molecule has 0 radical (unpaired) electrons. The molecule has 84 valence electrons. The molecule has 1 aliphatic heterocycles. The van der Waals surface area contributed by atoms with Crippen molar-refractivity contribution in [1.82, 2.24) is 9.78 Å². The van der Waals surface area contributed by atoms with E-state index in [1.807, 2.05) is 56.0 Å². The largest absolute Gasteiger partial charge is 0.488 e. The normalized spacial score (nSPS) is 11.7. The van der Waals surface area contributed by atoms with Crippen LogP contribution in [-0.4, -0.2) is 9.78 Å². The van der Waals surface area contributed by atoms with Gasteiger partial charge < -0.3 is 4.74 Å². The van der Waals surface area contributed by atoms with Crippen LogP contribution >= 0.6 is 0 Å². The van der Waals surface area contributed by atoms with Gasteiger partial charge in [0.25, 0.3) is 0 Å². The third-order valence-electron chi connectivity index (χ3n) is 2.43. The van der Waals surface area contributed by atoms with E-state index in [0.717, 1.165) is 22.6 Å².